The average Bonchev–Trinajstić information content (AvgIpc) is 3.53. The van der Waals surface area contributed by atoms with E-state index in [2.05, 4.69) is 24.9 Å². The summed E-state index contributed by atoms with van der Waals surface area (Å²) in [5.41, 5.74) is 4.68. The second-order valence-electron chi connectivity index (χ2n) is 7.78. The predicted octanol–water partition coefficient (Wildman–Crippen LogP) is 3.12. The Morgan fingerprint density at radius 1 is 0.943 bits per heavy atom. The number of aryl methyl sites for hydroxylation is 2. The summed E-state index contributed by atoms with van der Waals surface area (Å²) in [5, 5.41) is 8.23. The molecule has 0 aliphatic carbocycles. The van der Waals surface area contributed by atoms with E-state index in [-0.39, 0.29) is 16.5 Å². The van der Waals surface area contributed by atoms with E-state index in [1.54, 1.807) is 29.3 Å². The van der Waals surface area contributed by atoms with Crippen molar-refractivity contribution in [3.8, 4) is 28.3 Å². The van der Waals surface area contributed by atoms with E-state index in [0.29, 0.717) is 23.3 Å². The van der Waals surface area contributed by atoms with Crippen LogP contribution in [0.1, 0.15) is 6.92 Å². The van der Waals surface area contributed by atoms with Gasteiger partial charge in [0, 0.05) is 43.3 Å². The van der Waals surface area contributed by atoms with Gasteiger partial charge in [-0.2, -0.15) is 10.2 Å². The topological polar surface area (TPSA) is 130 Å². The maximum atomic E-state index is 12.9. The SMILES string of the molecule is CCn1cc(S(=O)(=O)Nc2cc(-c3ccc4ncc(-c5cnn(C)c5)nc4c3)cnc2OC)cn1. The Morgan fingerprint density at radius 3 is 2.51 bits per heavy atom. The molecule has 4 aromatic heterocycles. The van der Waals surface area contributed by atoms with Crippen LogP contribution in [0.15, 0.2) is 66.3 Å². The van der Waals surface area contributed by atoms with E-state index in [0.717, 1.165) is 16.6 Å². The van der Waals surface area contributed by atoms with E-state index in [1.807, 2.05) is 38.4 Å². The number of ether oxygens (including phenoxy) is 1. The van der Waals surface area contributed by atoms with Crippen molar-refractivity contribution in [3.05, 3.63) is 61.4 Å². The Balaban J connectivity index is 1.52. The quantitative estimate of drug-likeness (QED) is 0.368. The molecule has 1 N–H and O–H groups in total. The van der Waals surface area contributed by atoms with Crippen LogP contribution >= 0.6 is 0 Å². The summed E-state index contributed by atoms with van der Waals surface area (Å²) in [6.45, 7) is 2.43. The summed E-state index contributed by atoms with van der Waals surface area (Å²) in [5.74, 6) is 0.152. The highest BCUT2D eigenvalue weighted by atomic mass is 32.2. The smallest absolute Gasteiger partial charge is 0.265 e. The van der Waals surface area contributed by atoms with Crippen LogP contribution in [0.4, 0.5) is 5.69 Å². The number of fused-ring (bicyclic) bond motifs is 1. The van der Waals surface area contributed by atoms with Gasteiger partial charge < -0.3 is 4.74 Å². The van der Waals surface area contributed by atoms with Crippen molar-refractivity contribution >= 4 is 26.7 Å². The van der Waals surface area contributed by atoms with Crippen molar-refractivity contribution in [2.75, 3.05) is 11.8 Å². The molecule has 0 spiro atoms. The zero-order chi connectivity index (χ0) is 24.6. The molecule has 0 atom stereocenters. The van der Waals surface area contributed by atoms with E-state index in [9.17, 15) is 8.42 Å². The lowest BCUT2D eigenvalue weighted by atomic mass is 10.1. The van der Waals surface area contributed by atoms with Gasteiger partial charge in [0.15, 0.2) is 0 Å². The van der Waals surface area contributed by atoms with Crippen LogP contribution in [0.2, 0.25) is 0 Å². The highest BCUT2D eigenvalue weighted by molar-refractivity contribution is 7.92. The second kappa shape index (κ2) is 8.80. The molecule has 0 amide bonds. The third-order valence-electron chi connectivity index (χ3n) is 5.41. The lowest BCUT2D eigenvalue weighted by Crippen LogP contribution is -2.13. The van der Waals surface area contributed by atoms with Gasteiger partial charge in [0.1, 0.15) is 10.6 Å². The monoisotopic (exact) mass is 490 g/mol. The van der Waals surface area contributed by atoms with Crippen LogP contribution in [0.25, 0.3) is 33.4 Å². The molecule has 0 radical (unpaired) electrons. The number of pyridine rings is 1. The molecule has 1 aromatic carbocycles. The molecule has 0 unspecified atom stereocenters. The summed E-state index contributed by atoms with van der Waals surface area (Å²) in [6, 6.07) is 7.30. The van der Waals surface area contributed by atoms with Crippen molar-refractivity contribution in [2.24, 2.45) is 7.05 Å². The lowest BCUT2D eigenvalue weighted by Gasteiger charge is -2.12. The summed E-state index contributed by atoms with van der Waals surface area (Å²) < 4.78 is 36.9. The molecule has 0 saturated heterocycles. The number of methoxy groups -OCH3 is 1. The number of hydrogen-bond donors (Lipinski definition) is 1. The Hall–Kier alpha value is -4.32. The minimum atomic E-state index is -3.89. The van der Waals surface area contributed by atoms with Gasteiger partial charge in [0.05, 0.1) is 42.4 Å². The fourth-order valence-corrected chi connectivity index (χ4v) is 4.59. The average molecular weight is 491 g/mol. The van der Waals surface area contributed by atoms with Crippen LogP contribution < -0.4 is 9.46 Å². The Bertz CT molecular complexity index is 1640. The molecule has 178 valence electrons. The molecule has 12 heteroatoms. The number of nitrogens with one attached hydrogen (secondary N) is 1. The van der Waals surface area contributed by atoms with Crippen molar-refractivity contribution in [2.45, 2.75) is 18.4 Å². The first-order valence-electron chi connectivity index (χ1n) is 10.7. The largest absolute Gasteiger partial charge is 0.480 e. The van der Waals surface area contributed by atoms with E-state index >= 15 is 0 Å². The minimum absolute atomic E-state index is 0.0516. The Labute approximate surface area is 201 Å². The van der Waals surface area contributed by atoms with Gasteiger partial charge in [-0.05, 0) is 30.7 Å². The third kappa shape index (κ3) is 4.43. The minimum Gasteiger partial charge on any atom is -0.480 e. The van der Waals surface area contributed by atoms with Crippen LogP contribution in [-0.2, 0) is 23.6 Å². The third-order valence-corrected chi connectivity index (χ3v) is 6.73. The Kier molecular flexibility index (Phi) is 5.65. The van der Waals surface area contributed by atoms with Gasteiger partial charge in [-0.1, -0.05) is 6.07 Å². The van der Waals surface area contributed by atoms with Gasteiger partial charge in [0.25, 0.3) is 10.0 Å². The van der Waals surface area contributed by atoms with Gasteiger partial charge in [-0.3, -0.25) is 19.1 Å². The molecule has 0 aliphatic rings. The number of anilines is 1. The van der Waals surface area contributed by atoms with E-state index in [1.165, 1.54) is 24.2 Å². The van der Waals surface area contributed by atoms with Crippen LogP contribution in [0.3, 0.4) is 0 Å². The van der Waals surface area contributed by atoms with Crippen molar-refractivity contribution in [3.63, 3.8) is 0 Å². The molecule has 11 nitrogen and oxygen atoms in total. The molecule has 0 bridgehead atoms. The molecule has 0 fully saturated rings. The Morgan fingerprint density at radius 2 is 1.80 bits per heavy atom. The molecule has 5 aromatic rings. The summed E-state index contributed by atoms with van der Waals surface area (Å²) >= 11 is 0. The number of hydrogen-bond acceptors (Lipinski definition) is 8. The van der Waals surface area contributed by atoms with Crippen molar-refractivity contribution in [1.82, 2.24) is 34.5 Å². The molecular weight excluding hydrogens is 468 g/mol. The molecule has 0 aliphatic heterocycles. The summed E-state index contributed by atoms with van der Waals surface area (Å²) in [7, 11) is -0.614. The molecule has 35 heavy (non-hydrogen) atoms. The van der Waals surface area contributed by atoms with Crippen LogP contribution in [-0.4, -0.2) is 50.0 Å². The number of rotatable bonds is 7. The predicted molar refractivity (Wildman–Crippen MR) is 130 cm³/mol. The number of benzene rings is 1. The highest BCUT2D eigenvalue weighted by Gasteiger charge is 2.20. The maximum absolute atomic E-state index is 12.9. The molecule has 5 rings (SSSR count). The molecular formula is C23H22N8O3S. The standard InChI is InChI=1S/C23H22N8O3S/c1-4-31-14-18(11-27-31)35(32,33)29-21-8-16(9-25-23(21)34-3)15-5-6-19-20(7-15)28-22(12-24-19)17-10-26-30(2)13-17/h5-14,29H,4H2,1-3H3. The van der Waals surface area contributed by atoms with Crippen molar-refractivity contribution in [1.29, 1.82) is 0 Å². The fourth-order valence-electron chi connectivity index (χ4n) is 3.59. The molecule has 4 heterocycles. The summed E-state index contributed by atoms with van der Waals surface area (Å²) in [6.07, 6.45) is 9.70. The van der Waals surface area contributed by atoms with Gasteiger partial charge in [-0.15, -0.1) is 0 Å². The highest BCUT2D eigenvalue weighted by Crippen LogP contribution is 2.31. The maximum Gasteiger partial charge on any atom is 0.265 e. The number of nitrogens with zero attached hydrogens (tertiary/aromatic N) is 7. The van der Waals surface area contributed by atoms with Gasteiger partial charge >= 0.3 is 0 Å². The zero-order valence-corrected chi connectivity index (χ0v) is 20.1. The van der Waals surface area contributed by atoms with Gasteiger partial charge in [-0.25, -0.2) is 18.4 Å². The first kappa shape index (κ1) is 22.5. The normalized spacial score (nSPS) is 11.6. The lowest BCUT2D eigenvalue weighted by molar-refractivity contribution is 0.400. The van der Waals surface area contributed by atoms with Crippen molar-refractivity contribution < 1.29 is 13.2 Å². The van der Waals surface area contributed by atoms with Crippen LogP contribution in [0.5, 0.6) is 5.88 Å². The zero-order valence-electron chi connectivity index (χ0n) is 19.2. The fraction of sp³-hybridized carbons (Fsp3) is 0.174. The number of sulfonamides is 1. The first-order valence-corrected chi connectivity index (χ1v) is 12.2. The van der Waals surface area contributed by atoms with Gasteiger partial charge in [0.2, 0.25) is 5.88 Å². The second-order valence-corrected chi connectivity index (χ2v) is 9.46. The summed E-state index contributed by atoms with van der Waals surface area (Å²) in [4.78, 5) is 13.6. The first-order chi connectivity index (χ1) is 16.9. The van der Waals surface area contributed by atoms with E-state index in [4.69, 9.17) is 9.72 Å². The van der Waals surface area contributed by atoms with E-state index < -0.39 is 10.0 Å². The number of aromatic nitrogens is 7. The molecule has 0 saturated carbocycles. The van der Waals surface area contributed by atoms with Crippen LogP contribution in [0, 0.1) is 0 Å².